The minimum absolute atomic E-state index is 0.203. The number of rotatable bonds is 2. The molecule has 0 aliphatic carbocycles. The van der Waals surface area contributed by atoms with Gasteiger partial charge in [0.15, 0.2) is 0 Å². The lowest BCUT2D eigenvalue weighted by Gasteiger charge is -2.04. The summed E-state index contributed by atoms with van der Waals surface area (Å²) < 4.78 is 0. The van der Waals surface area contributed by atoms with Crippen LogP contribution in [0.15, 0.2) is 28.9 Å². The summed E-state index contributed by atoms with van der Waals surface area (Å²) in [6.07, 6.45) is 1.38. The molecule has 0 radical (unpaired) electrons. The van der Waals surface area contributed by atoms with E-state index in [9.17, 15) is 4.79 Å². The van der Waals surface area contributed by atoms with Crippen LogP contribution in [0.1, 0.15) is 29.9 Å². The van der Waals surface area contributed by atoms with E-state index in [1.807, 2.05) is 13.8 Å². The molecule has 4 nitrogen and oxygen atoms in total. The summed E-state index contributed by atoms with van der Waals surface area (Å²) in [6, 6.07) is 3.29. The van der Waals surface area contributed by atoms with Crippen LogP contribution < -0.4 is 0 Å². The number of aromatic nitrogens is 1. The van der Waals surface area contributed by atoms with Crippen LogP contribution in [0, 0.1) is 0 Å². The number of pyridine rings is 1. The standard InChI is InChI=1S/C12H12N2O2/c1-7-5-13-8(2)11(7)10-4-3-9(6-14-10)12(15)16/h3-4,6H,5H2,1-2H3,(H,15,16). The Morgan fingerprint density at radius 2 is 2.12 bits per heavy atom. The van der Waals surface area contributed by atoms with Crippen molar-refractivity contribution in [2.45, 2.75) is 13.8 Å². The molecule has 2 heterocycles. The largest absolute Gasteiger partial charge is 0.478 e. The third kappa shape index (κ3) is 1.74. The van der Waals surface area contributed by atoms with Gasteiger partial charge in [0.2, 0.25) is 0 Å². The second-order valence-electron chi connectivity index (χ2n) is 3.79. The van der Waals surface area contributed by atoms with E-state index in [0.29, 0.717) is 6.54 Å². The zero-order valence-corrected chi connectivity index (χ0v) is 9.19. The third-order valence-electron chi connectivity index (χ3n) is 2.61. The van der Waals surface area contributed by atoms with Crippen LogP contribution in [0.2, 0.25) is 0 Å². The topological polar surface area (TPSA) is 62.5 Å². The molecule has 4 heteroatoms. The van der Waals surface area contributed by atoms with Gasteiger partial charge in [-0.3, -0.25) is 9.98 Å². The molecular weight excluding hydrogens is 204 g/mol. The summed E-state index contributed by atoms with van der Waals surface area (Å²) in [5, 5.41) is 8.77. The van der Waals surface area contributed by atoms with Crippen molar-refractivity contribution < 1.29 is 9.90 Å². The molecule has 1 aromatic heterocycles. The summed E-state index contributed by atoms with van der Waals surface area (Å²) in [7, 11) is 0. The molecule has 0 atom stereocenters. The minimum Gasteiger partial charge on any atom is -0.478 e. The van der Waals surface area contributed by atoms with Gasteiger partial charge in [0.25, 0.3) is 0 Å². The fourth-order valence-corrected chi connectivity index (χ4v) is 1.78. The van der Waals surface area contributed by atoms with Gasteiger partial charge in [-0.2, -0.15) is 0 Å². The molecule has 0 spiro atoms. The Bertz CT molecular complexity index is 498. The first kappa shape index (κ1) is 10.5. The van der Waals surface area contributed by atoms with E-state index in [1.54, 1.807) is 12.1 Å². The molecule has 16 heavy (non-hydrogen) atoms. The van der Waals surface area contributed by atoms with E-state index in [4.69, 9.17) is 5.11 Å². The minimum atomic E-state index is -0.957. The zero-order valence-electron chi connectivity index (χ0n) is 9.19. The Kier molecular flexibility index (Phi) is 2.56. The highest BCUT2D eigenvalue weighted by atomic mass is 16.4. The van der Waals surface area contributed by atoms with Crippen molar-refractivity contribution in [3.05, 3.63) is 35.2 Å². The molecule has 0 unspecified atom stereocenters. The van der Waals surface area contributed by atoms with Gasteiger partial charge in [0.1, 0.15) is 0 Å². The van der Waals surface area contributed by atoms with Gasteiger partial charge in [0.05, 0.1) is 17.8 Å². The van der Waals surface area contributed by atoms with Crippen molar-refractivity contribution in [2.24, 2.45) is 4.99 Å². The van der Waals surface area contributed by atoms with Gasteiger partial charge in [-0.15, -0.1) is 0 Å². The van der Waals surface area contributed by atoms with Crippen LogP contribution in [0.4, 0.5) is 0 Å². The molecule has 0 aromatic carbocycles. The quantitative estimate of drug-likeness (QED) is 0.822. The molecule has 1 aromatic rings. The number of hydrogen-bond acceptors (Lipinski definition) is 3. The van der Waals surface area contributed by atoms with Gasteiger partial charge in [-0.1, -0.05) is 0 Å². The molecule has 0 saturated heterocycles. The molecule has 0 fully saturated rings. The monoisotopic (exact) mass is 216 g/mol. The third-order valence-corrected chi connectivity index (χ3v) is 2.61. The fraction of sp³-hybridized carbons (Fsp3) is 0.250. The van der Waals surface area contributed by atoms with E-state index in [-0.39, 0.29) is 5.56 Å². The molecule has 2 rings (SSSR count). The Hall–Kier alpha value is -1.97. The Morgan fingerprint density at radius 3 is 2.56 bits per heavy atom. The van der Waals surface area contributed by atoms with Crippen LogP contribution in [-0.4, -0.2) is 28.3 Å². The van der Waals surface area contributed by atoms with Crippen LogP contribution in [0.3, 0.4) is 0 Å². The van der Waals surface area contributed by atoms with Gasteiger partial charge in [0, 0.05) is 17.5 Å². The molecule has 1 aliphatic heterocycles. The summed E-state index contributed by atoms with van der Waals surface area (Å²) in [6.45, 7) is 4.67. The maximum atomic E-state index is 10.7. The highest BCUT2D eigenvalue weighted by Gasteiger charge is 2.16. The summed E-state index contributed by atoms with van der Waals surface area (Å²) >= 11 is 0. The molecule has 0 bridgehead atoms. The number of aromatic carboxylic acids is 1. The van der Waals surface area contributed by atoms with Crippen molar-refractivity contribution in [2.75, 3.05) is 6.54 Å². The molecule has 82 valence electrons. The van der Waals surface area contributed by atoms with Gasteiger partial charge >= 0.3 is 5.97 Å². The number of carboxylic acids is 1. The Morgan fingerprint density at radius 1 is 1.38 bits per heavy atom. The number of carboxylic acid groups (broad SMARTS) is 1. The van der Waals surface area contributed by atoms with Crippen LogP contribution in [-0.2, 0) is 0 Å². The van der Waals surface area contributed by atoms with Crippen molar-refractivity contribution in [1.29, 1.82) is 0 Å². The van der Waals surface area contributed by atoms with Crippen molar-refractivity contribution in [1.82, 2.24) is 4.98 Å². The smallest absolute Gasteiger partial charge is 0.337 e. The van der Waals surface area contributed by atoms with Crippen molar-refractivity contribution in [3.8, 4) is 0 Å². The fourth-order valence-electron chi connectivity index (χ4n) is 1.78. The lowest BCUT2D eigenvalue weighted by atomic mass is 10.0. The van der Waals surface area contributed by atoms with Crippen molar-refractivity contribution >= 4 is 17.3 Å². The lowest BCUT2D eigenvalue weighted by Crippen LogP contribution is -2.01. The van der Waals surface area contributed by atoms with Crippen LogP contribution >= 0.6 is 0 Å². The Labute approximate surface area is 93.4 Å². The first-order valence-corrected chi connectivity index (χ1v) is 5.00. The average Bonchev–Trinajstić information content (AvgIpc) is 2.59. The average molecular weight is 216 g/mol. The summed E-state index contributed by atoms with van der Waals surface area (Å²) in [5.74, 6) is -0.957. The van der Waals surface area contributed by atoms with E-state index in [1.165, 1.54) is 11.8 Å². The Balaban J connectivity index is 2.40. The summed E-state index contributed by atoms with van der Waals surface area (Å²) in [5.41, 5.74) is 4.17. The zero-order chi connectivity index (χ0) is 11.7. The summed E-state index contributed by atoms with van der Waals surface area (Å²) in [4.78, 5) is 19.2. The number of allylic oxidation sites excluding steroid dienone is 1. The second kappa shape index (κ2) is 3.89. The van der Waals surface area contributed by atoms with Gasteiger partial charge in [-0.05, 0) is 31.6 Å². The highest BCUT2D eigenvalue weighted by molar-refractivity contribution is 6.24. The maximum absolute atomic E-state index is 10.7. The number of carbonyl (C=O) groups is 1. The first-order valence-electron chi connectivity index (χ1n) is 5.00. The van der Waals surface area contributed by atoms with E-state index in [2.05, 4.69) is 9.98 Å². The number of nitrogens with zero attached hydrogens (tertiary/aromatic N) is 2. The predicted octanol–water partition coefficient (Wildman–Crippen LogP) is 2.03. The highest BCUT2D eigenvalue weighted by Crippen LogP contribution is 2.23. The van der Waals surface area contributed by atoms with E-state index in [0.717, 1.165) is 17.0 Å². The maximum Gasteiger partial charge on any atom is 0.337 e. The molecule has 1 aliphatic rings. The lowest BCUT2D eigenvalue weighted by molar-refractivity contribution is 0.0696. The van der Waals surface area contributed by atoms with Gasteiger partial charge < -0.3 is 5.11 Å². The van der Waals surface area contributed by atoms with Crippen molar-refractivity contribution in [3.63, 3.8) is 0 Å². The van der Waals surface area contributed by atoms with Crippen LogP contribution in [0.5, 0.6) is 0 Å². The molecule has 0 amide bonds. The normalized spacial score (nSPS) is 15.2. The molecular formula is C12H12N2O2. The molecule has 1 N–H and O–H groups in total. The van der Waals surface area contributed by atoms with E-state index < -0.39 is 5.97 Å². The van der Waals surface area contributed by atoms with E-state index >= 15 is 0 Å². The molecule has 0 saturated carbocycles. The SMILES string of the molecule is CC1=NCC(C)=C1c1ccc(C(=O)O)cn1. The van der Waals surface area contributed by atoms with Gasteiger partial charge in [-0.25, -0.2) is 4.79 Å². The number of hydrogen-bond donors (Lipinski definition) is 1. The predicted molar refractivity (Wildman–Crippen MR) is 61.8 cm³/mol. The van der Waals surface area contributed by atoms with Crippen LogP contribution in [0.25, 0.3) is 5.57 Å². The first-order chi connectivity index (χ1) is 7.59. The number of aliphatic imine (C=N–C) groups is 1. The second-order valence-corrected chi connectivity index (χ2v) is 3.79.